The number of halogens is 1. The fourth-order valence-corrected chi connectivity index (χ4v) is 2.38. The van der Waals surface area contributed by atoms with E-state index in [4.69, 9.17) is 16.3 Å². The zero-order chi connectivity index (χ0) is 18.4. The summed E-state index contributed by atoms with van der Waals surface area (Å²) in [5.74, 6) is -0.791. The second kappa shape index (κ2) is 8.48. The lowest BCUT2D eigenvalue weighted by Gasteiger charge is -2.20. The molecule has 0 unspecified atom stereocenters. The Bertz CT molecular complexity index is 752. The maximum Gasteiger partial charge on any atom is 0.326 e. The summed E-state index contributed by atoms with van der Waals surface area (Å²) in [5.41, 5.74) is 0.265. The largest absolute Gasteiger partial charge is 0.480 e. The van der Waals surface area contributed by atoms with E-state index in [0.29, 0.717) is 17.9 Å². The zero-order valence-electron chi connectivity index (χ0n) is 13.9. The van der Waals surface area contributed by atoms with Gasteiger partial charge in [-0.15, -0.1) is 0 Å². The maximum atomic E-state index is 12.3. The lowest BCUT2D eigenvalue weighted by molar-refractivity contribution is -0.140. The van der Waals surface area contributed by atoms with E-state index in [0.717, 1.165) is 0 Å². The van der Waals surface area contributed by atoms with Crippen molar-refractivity contribution in [3.05, 3.63) is 53.3 Å². The maximum absolute atomic E-state index is 12.3. The third kappa shape index (κ3) is 4.93. The van der Waals surface area contributed by atoms with Gasteiger partial charge in [-0.3, -0.25) is 9.78 Å². The van der Waals surface area contributed by atoms with Crippen molar-refractivity contribution in [2.75, 3.05) is 0 Å². The van der Waals surface area contributed by atoms with Gasteiger partial charge < -0.3 is 15.2 Å². The van der Waals surface area contributed by atoms with Crippen LogP contribution in [0.1, 0.15) is 30.6 Å². The molecule has 0 aliphatic rings. The smallest absolute Gasteiger partial charge is 0.326 e. The van der Waals surface area contributed by atoms with Crippen molar-refractivity contribution in [2.24, 2.45) is 5.92 Å². The van der Waals surface area contributed by atoms with Crippen molar-refractivity contribution in [1.82, 2.24) is 10.3 Å². The molecule has 2 rings (SSSR count). The Kier molecular flexibility index (Phi) is 6.36. The first-order valence-corrected chi connectivity index (χ1v) is 8.21. The monoisotopic (exact) mass is 362 g/mol. The molecule has 1 heterocycles. The first kappa shape index (κ1) is 18.7. The number of pyridine rings is 1. The van der Waals surface area contributed by atoms with Crippen LogP contribution in [0.3, 0.4) is 0 Å². The van der Waals surface area contributed by atoms with Gasteiger partial charge in [0.25, 0.3) is 5.91 Å². The number of carbonyl (C=O) groups excluding carboxylic acids is 1. The Balaban J connectivity index is 2.13. The molecule has 1 aromatic heterocycles. The number of carboxylic acid groups (broad SMARTS) is 1. The quantitative estimate of drug-likeness (QED) is 0.782. The molecule has 6 nitrogen and oxygen atoms in total. The lowest BCUT2D eigenvalue weighted by Crippen LogP contribution is -2.45. The summed E-state index contributed by atoms with van der Waals surface area (Å²) >= 11 is 6.18. The molecule has 1 aromatic carbocycles. The molecule has 1 amide bonds. The van der Waals surface area contributed by atoms with Gasteiger partial charge in [-0.25, -0.2) is 4.79 Å². The zero-order valence-corrected chi connectivity index (χ0v) is 14.7. The molecule has 0 saturated carbocycles. The number of hydrogen-bond acceptors (Lipinski definition) is 4. The van der Waals surface area contributed by atoms with Gasteiger partial charge in [0.1, 0.15) is 17.5 Å². The Hall–Kier alpha value is -2.60. The molecule has 7 heteroatoms. The van der Waals surface area contributed by atoms with Crippen LogP contribution >= 0.6 is 11.6 Å². The summed E-state index contributed by atoms with van der Waals surface area (Å²) < 4.78 is 5.62. The molecule has 0 saturated heterocycles. The lowest BCUT2D eigenvalue weighted by atomic mass is 9.99. The second-order valence-electron chi connectivity index (χ2n) is 5.61. The normalized spacial score (nSPS) is 12.9. The molecule has 0 radical (unpaired) electrons. The molecule has 2 atom stereocenters. The minimum absolute atomic E-state index is 0.189. The Morgan fingerprint density at radius 1 is 1.28 bits per heavy atom. The molecule has 0 spiro atoms. The van der Waals surface area contributed by atoms with Crippen molar-refractivity contribution in [3.63, 3.8) is 0 Å². The van der Waals surface area contributed by atoms with Gasteiger partial charge in [-0.1, -0.05) is 31.9 Å². The van der Waals surface area contributed by atoms with Crippen LogP contribution in [-0.2, 0) is 4.79 Å². The molecule has 132 valence electrons. The van der Waals surface area contributed by atoms with Crippen LogP contribution in [0.4, 0.5) is 0 Å². The number of ether oxygens (including phenoxy) is 1. The van der Waals surface area contributed by atoms with Crippen LogP contribution in [0.25, 0.3) is 0 Å². The fourth-order valence-electron chi connectivity index (χ4n) is 2.17. The average Bonchev–Trinajstić information content (AvgIpc) is 2.61. The van der Waals surface area contributed by atoms with Crippen molar-refractivity contribution in [2.45, 2.75) is 26.3 Å². The highest BCUT2D eigenvalue weighted by Crippen LogP contribution is 2.29. The summed E-state index contributed by atoms with van der Waals surface area (Å²) in [5, 5.41) is 12.1. The van der Waals surface area contributed by atoms with Crippen LogP contribution in [0.5, 0.6) is 11.5 Å². The number of nitrogens with zero attached hydrogens (tertiary/aromatic N) is 1. The van der Waals surface area contributed by atoms with Gasteiger partial charge >= 0.3 is 5.97 Å². The van der Waals surface area contributed by atoms with Crippen LogP contribution in [-0.4, -0.2) is 28.0 Å². The molecule has 2 N–H and O–H groups in total. The van der Waals surface area contributed by atoms with Gasteiger partial charge in [-0.05, 0) is 36.2 Å². The number of carboxylic acids is 1. The minimum Gasteiger partial charge on any atom is -0.480 e. The van der Waals surface area contributed by atoms with Crippen molar-refractivity contribution >= 4 is 23.5 Å². The van der Waals surface area contributed by atoms with Crippen molar-refractivity contribution in [1.29, 1.82) is 0 Å². The SMILES string of the molecule is CC[C@H](C)[C@H](NC(=O)c1ccc(Oc2ccncc2)c(Cl)c1)C(=O)O. The highest BCUT2D eigenvalue weighted by Gasteiger charge is 2.26. The molecule has 0 aliphatic heterocycles. The van der Waals surface area contributed by atoms with E-state index >= 15 is 0 Å². The average molecular weight is 363 g/mol. The predicted molar refractivity (Wildman–Crippen MR) is 94.1 cm³/mol. The molecule has 0 aliphatic carbocycles. The van der Waals surface area contributed by atoms with Crippen molar-refractivity contribution < 1.29 is 19.4 Å². The van der Waals surface area contributed by atoms with E-state index in [9.17, 15) is 14.7 Å². The Morgan fingerprint density at radius 3 is 2.52 bits per heavy atom. The number of aliphatic carboxylic acids is 1. The number of nitrogens with one attached hydrogen (secondary N) is 1. The van der Waals surface area contributed by atoms with Gasteiger partial charge in [0.15, 0.2) is 0 Å². The first-order chi connectivity index (χ1) is 11.9. The fraction of sp³-hybridized carbons (Fsp3) is 0.278. The first-order valence-electron chi connectivity index (χ1n) is 7.83. The van der Waals surface area contributed by atoms with Crippen molar-refractivity contribution in [3.8, 4) is 11.5 Å². The minimum atomic E-state index is -1.06. The van der Waals surface area contributed by atoms with E-state index in [1.807, 2.05) is 6.92 Å². The number of rotatable bonds is 7. The molecule has 0 fully saturated rings. The predicted octanol–water partition coefficient (Wildman–Crippen LogP) is 3.76. The molecule has 0 bridgehead atoms. The highest BCUT2D eigenvalue weighted by atomic mass is 35.5. The summed E-state index contributed by atoms with van der Waals surface area (Å²) in [7, 11) is 0. The highest BCUT2D eigenvalue weighted by molar-refractivity contribution is 6.32. The third-order valence-electron chi connectivity index (χ3n) is 3.84. The summed E-state index contributed by atoms with van der Waals surface area (Å²) in [6.45, 7) is 3.65. The summed E-state index contributed by atoms with van der Waals surface area (Å²) in [6.07, 6.45) is 3.81. The van der Waals surface area contributed by atoms with E-state index < -0.39 is 17.9 Å². The summed E-state index contributed by atoms with van der Waals surface area (Å²) in [6, 6.07) is 6.96. The topological polar surface area (TPSA) is 88.5 Å². The molecule has 25 heavy (non-hydrogen) atoms. The number of amides is 1. The van der Waals surface area contributed by atoms with Crippen LogP contribution in [0.15, 0.2) is 42.7 Å². The Labute approximate surface area is 150 Å². The van der Waals surface area contributed by atoms with Gasteiger partial charge in [0.05, 0.1) is 5.02 Å². The Morgan fingerprint density at radius 2 is 1.96 bits per heavy atom. The number of benzene rings is 1. The number of aromatic nitrogens is 1. The van der Waals surface area contributed by atoms with E-state index in [1.165, 1.54) is 12.1 Å². The van der Waals surface area contributed by atoms with Gasteiger partial charge in [0, 0.05) is 18.0 Å². The molecular weight excluding hydrogens is 344 g/mol. The summed E-state index contributed by atoms with van der Waals surface area (Å²) in [4.78, 5) is 27.5. The number of carbonyl (C=O) groups is 2. The standard InChI is InChI=1S/C18H19ClN2O4/c1-3-11(2)16(18(23)24)21-17(22)12-4-5-15(14(19)10-12)25-13-6-8-20-9-7-13/h4-11,16H,3H2,1-2H3,(H,21,22)(H,23,24)/t11-,16-/m0/s1. The van der Waals surface area contributed by atoms with Crippen LogP contribution in [0, 0.1) is 5.92 Å². The van der Waals surface area contributed by atoms with Crippen LogP contribution < -0.4 is 10.1 Å². The molecular formula is C18H19ClN2O4. The van der Waals surface area contributed by atoms with E-state index in [-0.39, 0.29) is 16.5 Å². The van der Waals surface area contributed by atoms with Crippen LogP contribution in [0.2, 0.25) is 5.02 Å². The van der Waals surface area contributed by atoms with E-state index in [1.54, 1.807) is 37.5 Å². The van der Waals surface area contributed by atoms with E-state index in [2.05, 4.69) is 10.3 Å². The second-order valence-corrected chi connectivity index (χ2v) is 6.01. The third-order valence-corrected chi connectivity index (χ3v) is 4.13. The van der Waals surface area contributed by atoms with Gasteiger partial charge in [0.2, 0.25) is 0 Å². The molecule has 2 aromatic rings. The number of hydrogen-bond donors (Lipinski definition) is 2. The van der Waals surface area contributed by atoms with Gasteiger partial charge in [-0.2, -0.15) is 0 Å².